The SMILES string of the molecule is C/C(NCC1(C)CC(C)C(OCCO)C1)=C(/C=N)c1ccc(N2CCc3cccc(-c4nc5ccccc5s4)c3C2)nc1C(=O)O. The van der Waals surface area contributed by atoms with E-state index in [4.69, 9.17) is 20.2 Å². The Morgan fingerprint density at radius 1 is 1.17 bits per heavy atom. The van der Waals surface area contributed by atoms with E-state index in [1.165, 1.54) is 17.3 Å². The number of ether oxygens (including phenoxy) is 1. The molecular weight excluding hydrogens is 598 g/mol. The zero-order valence-corrected chi connectivity index (χ0v) is 27.4. The predicted molar refractivity (Wildman–Crippen MR) is 184 cm³/mol. The maximum absolute atomic E-state index is 12.6. The van der Waals surface area contributed by atoms with Crippen LogP contribution in [0.3, 0.4) is 0 Å². The first-order valence-corrected chi connectivity index (χ1v) is 16.7. The number of pyridine rings is 1. The number of benzene rings is 2. The van der Waals surface area contributed by atoms with E-state index in [-0.39, 0.29) is 23.8 Å². The number of anilines is 1. The Bertz CT molecular complexity index is 1770. The number of aromatic carboxylic acids is 1. The molecule has 1 saturated carbocycles. The van der Waals surface area contributed by atoms with Gasteiger partial charge in [-0.05, 0) is 72.9 Å². The molecule has 0 amide bonds. The molecule has 3 atom stereocenters. The fraction of sp³-hybridized carbons (Fsp3) is 0.389. The van der Waals surface area contributed by atoms with Crippen molar-refractivity contribution in [3.8, 4) is 10.6 Å². The van der Waals surface area contributed by atoms with E-state index in [1.807, 2.05) is 31.2 Å². The third kappa shape index (κ3) is 6.42. The zero-order valence-electron chi connectivity index (χ0n) is 26.5. The van der Waals surface area contributed by atoms with Gasteiger partial charge in [0.25, 0.3) is 0 Å². The molecule has 3 unspecified atom stereocenters. The Morgan fingerprint density at radius 2 is 2.00 bits per heavy atom. The second kappa shape index (κ2) is 13.3. The number of hydrogen-bond acceptors (Lipinski definition) is 9. The highest BCUT2D eigenvalue weighted by Gasteiger charge is 2.40. The number of aliphatic hydroxyl groups is 1. The number of fused-ring (bicyclic) bond motifs is 2. The van der Waals surface area contributed by atoms with Crippen molar-refractivity contribution in [2.45, 2.75) is 52.7 Å². The monoisotopic (exact) mass is 639 g/mol. The number of aromatic nitrogens is 2. The molecule has 6 rings (SSSR count). The molecule has 1 aliphatic heterocycles. The lowest BCUT2D eigenvalue weighted by Gasteiger charge is -2.31. The number of hydrogen-bond donors (Lipinski definition) is 4. The fourth-order valence-electron chi connectivity index (χ4n) is 7.05. The van der Waals surface area contributed by atoms with Gasteiger partial charge >= 0.3 is 5.97 Å². The van der Waals surface area contributed by atoms with Crippen molar-refractivity contribution in [1.82, 2.24) is 15.3 Å². The van der Waals surface area contributed by atoms with Crippen LogP contribution in [0.4, 0.5) is 5.82 Å². The quantitative estimate of drug-likeness (QED) is 0.139. The Balaban J connectivity index is 1.24. The third-order valence-corrected chi connectivity index (χ3v) is 10.5. The maximum atomic E-state index is 12.6. The third-order valence-electron chi connectivity index (χ3n) is 9.39. The molecule has 1 fully saturated rings. The van der Waals surface area contributed by atoms with E-state index in [0.29, 0.717) is 42.6 Å². The van der Waals surface area contributed by atoms with Crippen LogP contribution in [-0.4, -0.2) is 64.8 Å². The van der Waals surface area contributed by atoms with Crippen molar-refractivity contribution in [2.75, 3.05) is 31.2 Å². The van der Waals surface area contributed by atoms with Crippen LogP contribution in [0.15, 0.2) is 60.3 Å². The molecule has 2 aromatic carbocycles. The summed E-state index contributed by atoms with van der Waals surface area (Å²) in [5.41, 5.74) is 6.10. The van der Waals surface area contributed by atoms with Gasteiger partial charge in [-0.15, -0.1) is 11.3 Å². The minimum atomic E-state index is -1.13. The number of allylic oxidation sites excluding steroid dienone is 2. The molecule has 2 aliphatic rings. The second-order valence-corrected chi connectivity index (χ2v) is 13.9. The van der Waals surface area contributed by atoms with Crippen molar-refractivity contribution < 1.29 is 19.7 Å². The summed E-state index contributed by atoms with van der Waals surface area (Å²) < 4.78 is 7.01. The molecule has 3 heterocycles. The topological polar surface area (TPSA) is 132 Å². The second-order valence-electron chi connectivity index (χ2n) is 12.8. The number of para-hydroxylation sites is 1. The number of carboxylic acids is 1. The van der Waals surface area contributed by atoms with Crippen LogP contribution in [0.5, 0.6) is 0 Å². The van der Waals surface area contributed by atoms with Crippen molar-refractivity contribution in [2.24, 2.45) is 11.3 Å². The predicted octanol–water partition coefficient (Wildman–Crippen LogP) is 6.40. The van der Waals surface area contributed by atoms with Crippen molar-refractivity contribution >= 4 is 45.1 Å². The largest absolute Gasteiger partial charge is 0.476 e. The summed E-state index contributed by atoms with van der Waals surface area (Å²) in [4.78, 5) is 24.3. The molecule has 0 radical (unpaired) electrons. The number of carboxylic acid groups (broad SMARTS) is 1. The average Bonchev–Trinajstić information content (AvgIpc) is 3.62. The van der Waals surface area contributed by atoms with Crippen LogP contribution in [0.1, 0.15) is 60.8 Å². The maximum Gasteiger partial charge on any atom is 0.355 e. The van der Waals surface area contributed by atoms with Crippen LogP contribution < -0.4 is 10.2 Å². The van der Waals surface area contributed by atoms with Gasteiger partial charge in [0.15, 0.2) is 5.69 Å². The van der Waals surface area contributed by atoms with E-state index in [9.17, 15) is 9.90 Å². The lowest BCUT2D eigenvalue weighted by Crippen LogP contribution is -2.32. The van der Waals surface area contributed by atoms with Crippen molar-refractivity contribution in [1.29, 1.82) is 5.41 Å². The van der Waals surface area contributed by atoms with E-state index >= 15 is 0 Å². The van der Waals surface area contributed by atoms with Crippen LogP contribution in [-0.2, 0) is 17.7 Å². The van der Waals surface area contributed by atoms with Gasteiger partial charge in [0.05, 0.1) is 29.5 Å². The Morgan fingerprint density at radius 3 is 2.76 bits per heavy atom. The fourth-order valence-corrected chi connectivity index (χ4v) is 8.07. The number of nitrogens with zero attached hydrogens (tertiary/aromatic N) is 3. The minimum absolute atomic E-state index is 0.0116. The summed E-state index contributed by atoms with van der Waals surface area (Å²) in [6, 6.07) is 18.2. The summed E-state index contributed by atoms with van der Waals surface area (Å²) in [5.74, 6) is -0.154. The highest BCUT2D eigenvalue weighted by Crippen LogP contribution is 2.43. The van der Waals surface area contributed by atoms with Gasteiger partial charge in [0.1, 0.15) is 10.8 Å². The summed E-state index contributed by atoms with van der Waals surface area (Å²) in [6.07, 6.45) is 3.96. The zero-order chi connectivity index (χ0) is 32.4. The molecule has 0 spiro atoms. The van der Waals surface area contributed by atoms with E-state index in [2.05, 4.69) is 53.3 Å². The number of thiazole rings is 1. The Hall–Kier alpha value is -4.12. The number of carbonyl (C=O) groups is 1. The van der Waals surface area contributed by atoms with Gasteiger partial charge in [-0.1, -0.05) is 44.2 Å². The summed E-state index contributed by atoms with van der Waals surface area (Å²) >= 11 is 1.68. The van der Waals surface area contributed by atoms with E-state index in [0.717, 1.165) is 52.3 Å². The van der Waals surface area contributed by atoms with Gasteiger partial charge in [0, 0.05) is 48.2 Å². The smallest absolute Gasteiger partial charge is 0.355 e. The Labute approximate surface area is 273 Å². The summed E-state index contributed by atoms with van der Waals surface area (Å²) in [6.45, 7) is 8.60. The molecule has 9 nitrogen and oxygen atoms in total. The lowest BCUT2D eigenvalue weighted by atomic mass is 9.87. The van der Waals surface area contributed by atoms with Gasteiger partial charge < -0.3 is 30.6 Å². The van der Waals surface area contributed by atoms with Gasteiger partial charge in [-0.3, -0.25) is 0 Å². The molecule has 1 aliphatic carbocycles. The average molecular weight is 640 g/mol. The van der Waals surface area contributed by atoms with Crippen LogP contribution in [0.2, 0.25) is 0 Å². The highest BCUT2D eigenvalue weighted by molar-refractivity contribution is 7.21. The first kappa shape index (κ1) is 31.8. The molecule has 46 heavy (non-hydrogen) atoms. The number of aliphatic hydroxyl groups excluding tert-OH is 1. The number of rotatable bonds is 11. The molecular formula is C36H41N5O4S. The van der Waals surface area contributed by atoms with Gasteiger partial charge in [-0.25, -0.2) is 14.8 Å². The molecule has 240 valence electrons. The van der Waals surface area contributed by atoms with Crippen molar-refractivity contribution in [3.63, 3.8) is 0 Å². The lowest BCUT2D eigenvalue weighted by molar-refractivity contribution is 0.00844. The van der Waals surface area contributed by atoms with Crippen molar-refractivity contribution in [3.05, 3.63) is 82.7 Å². The van der Waals surface area contributed by atoms with Crippen LogP contribution >= 0.6 is 11.3 Å². The van der Waals surface area contributed by atoms with Gasteiger partial charge in [-0.2, -0.15) is 0 Å². The standard InChI is InChI=1S/C36H41N5O4S/c1-22-17-36(3,18-30(22)45-16-15-42)21-38-23(2)27(19-37)25-11-12-32(40-33(25)35(43)44)41-14-13-24-7-6-8-26(28(24)20-41)34-39-29-9-4-5-10-31(29)46-34/h4-12,19,22,30,37-38,42H,13-18,20-21H2,1-3H3,(H,43,44)/b27-23+,37-19?. The van der Waals surface area contributed by atoms with Crippen LogP contribution in [0.25, 0.3) is 26.4 Å². The Kier molecular flexibility index (Phi) is 9.22. The van der Waals surface area contributed by atoms with E-state index in [1.54, 1.807) is 17.4 Å². The first-order chi connectivity index (χ1) is 22.2. The number of nitrogens with one attached hydrogen (secondary N) is 2. The summed E-state index contributed by atoms with van der Waals surface area (Å²) in [7, 11) is 0. The van der Waals surface area contributed by atoms with E-state index < -0.39 is 5.97 Å². The molecule has 4 N–H and O–H groups in total. The molecule has 10 heteroatoms. The normalized spacial score (nSPS) is 21.6. The van der Waals surface area contributed by atoms with Crippen LogP contribution in [0, 0.1) is 16.7 Å². The minimum Gasteiger partial charge on any atom is -0.476 e. The molecule has 0 bridgehead atoms. The highest BCUT2D eigenvalue weighted by atomic mass is 32.1. The molecule has 4 aromatic rings. The molecule has 0 saturated heterocycles. The summed E-state index contributed by atoms with van der Waals surface area (Å²) in [5, 5.41) is 32.1. The molecule has 2 aromatic heterocycles. The van der Waals surface area contributed by atoms with Gasteiger partial charge in [0.2, 0.25) is 0 Å². The first-order valence-electron chi connectivity index (χ1n) is 15.8.